The van der Waals surface area contributed by atoms with Gasteiger partial charge in [0.25, 0.3) is 0 Å². The van der Waals surface area contributed by atoms with Crippen molar-refractivity contribution >= 4 is 17.4 Å². The molecule has 8 nitrogen and oxygen atoms in total. The number of aromatic nitrogens is 7. The molecule has 5 heterocycles. The number of nitrogens with zero attached hydrogens (tertiary/aromatic N) is 7. The second-order valence-corrected chi connectivity index (χ2v) is 8.64. The molecule has 0 bridgehead atoms. The first-order valence-electron chi connectivity index (χ1n) is 11.2. The smallest absolute Gasteiger partial charge is 0.228 e. The Kier molecular flexibility index (Phi) is 4.64. The van der Waals surface area contributed by atoms with E-state index in [-0.39, 0.29) is 0 Å². The van der Waals surface area contributed by atoms with Gasteiger partial charge in [-0.1, -0.05) is 29.8 Å². The van der Waals surface area contributed by atoms with E-state index in [4.69, 9.17) is 4.98 Å². The van der Waals surface area contributed by atoms with E-state index in [1.54, 1.807) is 17.1 Å². The molecule has 33 heavy (non-hydrogen) atoms. The predicted molar refractivity (Wildman–Crippen MR) is 126 cm³/mol. The first kappa shape index (κ1) is 19.6. The van der Waals surface area contributed by atoms with Crippen LogP contribution in [0.2, 0.25) is 0 Å². The van der Waals surface area contributed by atoms with Crippen molar-refractivity contribution in [1.29, 1.82) is 0 Å². The van der Waals surface area contributed by atoms with Gasteiger partial charge in [-0.3, -0.25) is 9.08 Å². The maximum absolute atomic E-state index is 4.72. The average molecular weight is 437 g/mol. The standard InChI is InChI=1S/C25H24N8/c1-16-3-5-17(6-4-16)13-18-7-8-20-14-19(15-23-30-31-24(18)33(20)23)21-9-11-26-25(28-21)29-22-10-12-27-32(22)2/h3-6,9-12,14-15,18H,7-8,13H2,1-2H3,(H,26,28,29). The molecule has 0 aliphatic carbocycles. The van der Waals surface area contributed by atoms with E-state index >= 15 is 0 Å². The number of aryl methyl sites for hydroxylation is 3. The van der Waals surface area contributed by atoms with Crippen molar-refractivity contribution in [2.75, 3.05) is 5.32 Å². The highest BCUT2D eigenvalue weighted by molar-refractivity contribution is 5.66. The van der Waals surface area contributed by atoms with Gasteiger partial charge in [0.1, 0.15) is 11.6 Å². The van der Waals surface area contributed by atoms with Gasteiger partial charge in [0.05, 0.1) is 11.9 Å². The largest absolute Gasteiger partial charge is 0.309 e. The van der Waals surface area contributed by atoms with Crippen LogP contribution in [0.4, 0.5) is 11.8 Å². The van der Waals surface area contributed by atoms with Gasteiger partial charge in [-0.05, 0) is 49.9 Å². The highest BCUT2D eigenvalue weighted by Gasteiger charge is 2.26. The second kappa shape index (κ2) is 7.81. The molecule has 1 N–H and O–H groups in total. The summed E-state index contributed by atoms with van der Waals surface area (Å²) in [6.45, 7) is 2.12. The topological polar surface area (TPSA) is 85.8 Å². The summed E-state index contributed by atoms with van der Waals surface area (Å²) in [5.74, 6) is 2.79. The van der Waals surface area contributed by atoms with Crippen LogP contribution >= 0.6 is 0 Å². The van der Waals surface area contributed by atoms with Crippen LogP contribution < -0.4 is 5.32 Å². The molecule has 1 unspecified atom stereocenters. The van der Waals surface area contributed by atoms with Crippen LogP contribution in [0.5, 0.6) is 0 Å². The van der Waals surface area contributed by atoms with Crippen molar-refractivity contribution < 1.29 is 0 Å². The third-order valence-corrected chi connectivity index (χ3v) is 6.34. The fraction of sp³-hybridized carbons (Fsp3) is 0.240. The molecule has 6 rings (SSSR count). The fourth-order valence-corrected chi connectivity index (χ4v) is 4.56. The van der Waals surface area contributed by atoms with Crippen molar-refractivity contribution in [3.05, 3.63) is 83.6 Å². The zero-order valence-corrected chi connectivity index (χ0v) is 18.6. The molecule has 0 amide bonds. The fourth-order valence-electron chi connectivity index (χ4n) is 4.56. The van der Waals surface area contributed by atoms with E-state index in [0.717, 1.165) is 47.8 Å². The Labute approximate surface area is 191 Å². The minimum absolute atomic E-state index is 0.370. The average Bonchev–Trinajstić information content (AvgIpc) is 3.44. The monoisotopic (exact) mass is 436 g/mol. The van der Waals surface area contributed by atoms with Gasteiger partial charge in [0.2, 0.25) is 5.95 Å². The summed E-state index contributed by atoms with van der Waals surface area (Å²) >= 11 is 0. The van der Waals surface area contributed by atoms with Crippen LogP contribution in [-0.4, -0.2) is 34.3 Å². The molecule has 0 radical (unpaired) electrons. The SMILES string of the molecule is Cc1ccc(CC2CCc3cc(-c4ccnc(Nc5ccnn5C)n4)cc4nnc2n34)cc1. The van der Waals surface area contributed by atoms with Crippen LogP contribution in [0.15, 0.2) is 60.9 Å². The summed E-state index contributed by atoms with van der Waals surface area (Å²) in [4.78, 5) is 9.08. The van der Waals surface area contributed by atoms with Crippen molar-refractivity contribution in [3.63, 3.8) is 0 Å². The van der Waals surface area contributed by atoms with Gasteiger partial charge in [-0.2, -0.15) is 5.10 Å². The predicted octanol–water partition coefficient (Wildman–Crippen LogP) is 4.24. The molecule has 4 aromatic heterocycles. The number of anilines is 2. The quantitative estimate of drug-likeness (QED) is 0.443. The molecule has 1 aliphatic rings. The molecular weight excluding hydrogens is 412 g/mol. The first-order chi connectivity index (χ1) is 16.1. The van der Waals surface area contributed by atoms with Crippen LogP contribution in [0.1, 0.15) is 35.0 Å². The molecule has 1 aliphatic heterocycles. The third kappa shape index (κ3) is 3.63. The molecule has 0 spiro atoms. The summed E-state index contributed by atoms with van der Waals surface area (Å²) in [6, 6.07) is 16.9. The van der Waals surface area contributed by atoms with Crippen molar-refractivity contribution in [2.24, 2.45) is 7.05 Å². The van der Waals surface area contributed by atoms with Gasteiger partial charge in [-0.15, -0.1) is 10.2 Å². The van der Waals surface area contributed by atoms with E-state index in [9.17, 15) is 0 Å². The minimum Gasteiger partial charge on any atom is -0.309 e. The number of rotatable bonds is 5. The van der Waals surface area contributed by atoms with Gasteiger partial charge in [0.15, 0.2) is 5.65 Å². The summed E-state index contributed by atoms with van der Waals surface area (Å²) in [7, 11) is 1.87. The van der Waals surface area contributed by atoms with E-state index in [1.807, 2.05) is 19.2 Å². The normalized spacial score (nSPS) is 15.2. The van der Waals surface area contributed by atoms with Gasteiger partial charge >= 0.3 is 0 Å². The zero-order chi connectivity index (χ0) is 22.4. The lowest BCUT2D eigenvalue weighted by Gasteiger charge is -2.23. The van der Waals surface area contributed by atoms with E-state index in [1.165, 1.54) is 16.8 Å². The summed E-state index contributed by atoms with van der Waals surface area (Å²) < 4.78 is 3.97. The molecule has 8 heteroatoms. The lowest BCUT2D eigenvalue weighted by molar-refractivity contribution is 0.539. The van der Waals surface area contributed by atoms with Gasteiger partial charge < -0.3 is 5.32 Å². The summed E-state index contributed by atoms with van der Waals surface area (Å²) in [5.41, 5.74) is 6.59. The number of pyridine rings is 1. The Morgan fingerprint density at radius 3 is 2.73 bits per heavy atom. The Bertz CT molecular complexity index is 1450. The van der Waals surface area contributed by atoms with Crippen molar-refractivity contribution in [2.45, 2.75) is 32.1 Å². The molecule has 0 fully saturated rings. The van der Waals surface area contributed by atoms with Crippen LogP contribution in [0, 0.1) is 6.92 Å². The number of benzene rings is 1. The molecule has 1 atom stereocenters. The molecule has 1 aromatic carbocycles. The Hall–Kier alpha value is -4.07. The van der Waals surface area contributed by atoms with E-state index in [0.29, 0.717) is 11.9 Å². The minimum atomic E-state index is 0.370. The van der Waals surface area contributed by atoms with Crippen LogP contribution in [0.3, 0.4) is 0 Å². The lowest BCUT2D eigenvalue weighted by atomic mass is 9.90. The van der Waals surface area contributed by atoms with E-state index in [2.05, 4.69) is 73.3 Å². The first-order valence-corrected chi connectivity index (χ1v) is 11.2. The van der Waals surface area contributed by atoms with Gasteiger partial charge in [-0.25, -0.2) is 9.97 Å². The maximum Gasteiger partial charge on any atom is 0.228 e. The number of nitrogens with one attached hydrogen (secondary N) is 1. The van der Waals surface area contributed by atoms with Crippen molar-refractivity contribution in [1.82, 2.24) is 34.3 Å². The molecule has 164 valence electrons. The highest BCUT2D eigenvalue weighted by Crippen LogP contribution is 2.33. The van der Waals surface area contributed by atoms with E-state index < -0.39 is 0 Å². The molecule has 0 saturated heterocycles. The van der Waals surface area contributed by atoms with Crippen LogP contribution in [0.25, 0.3) is 16.9 Å². The summed E-state index contributed by atoms with van der Waals surface area (Å²) in [5, 5.41) is 16.5. The Balaban J connectivity index is 1.32. The highest BCUT2D eigenvalue weighted by atomic mass is 15.3. The summed E-state index contributed by atoms with van der Waals surface area (Å²) in [6.07, 6.45) is 6.53. The maximum atomic E-state index is 4.72. The number of hydrogen-bond donors (Lipinski definition) is 1. The third-order valence-electron chi connectivity index (χ3n) is 6.34. The molecular formula is C25H24N8. The Morgan fingerprint density at radius 1 is 1.03 bits per heavy atom. The molecule has 0 saturated carbocycles. The van der Waals surface area contributed by atoms with Gasteiger partial charge in [0, 0.05) is 36.5 Å². The van der Waals surface area contributed by atoms with Crippen LogP contribution in [-0.2, 0) is 19.9 Å². The zero-order valence-electron chi connectivity index (χ0n) is 18.6. The Morgan fingerprint density at radius 2 is 1.91 bits per heavy atom. The molecule has 5 aromatic rings. The second-order valence-electron chi connectivity index (χ2n) is 8.64. The van der Waals surface area contributed by atoms with Crippen molar-refractivity contribution in [3.8, 4) is 11.3 Å². The number of hydrogen-bond acceptors (Lipinski definition) is 6. The lowest BCUT2D eigenvalue weighted by Crippen LogP contribution is -2.17.